The minimum absolute atomic E-state index is 0.0499. The van der Waals surface area contributed by atoms with E-state index in [1.807, 2.05) is 32.9 Å². The van der Waals surface area contributed by atoms with Crippen LogP contribution in [0, 0.1) is 0 Å². The molecule has 1 fully saturated rings. The molecule has 0 radical (unpaired) electrons. The molecule has 1 aliphatic rings. The maximum absolute atomic E-state index is 11.6. The number of ether oxygens (including phenoxy) is 2. The van der Waals surface area contributed by atoms with E-state index in [0.29, 0.717) is 42.6 Å². The van der Waals surface area contributed by atoms with Gasteiger partial charge in [-0.15, -0.1) is 0 Å². The van der Waals surface area contributed by atoms with Gasteiger partial charge in [0.2, 0.25) is 5.91 Å². The number of hydrogen-bond donors (Lipinski definition) is 1. The summed E-state index contributed by atoms with van der Waals surface area (Å²) in [6.45, 7) is 10.6. The van der Waals surface area contributed by atoms with Crippen LogP contribution in [0.15, 0.2) is 12.1 Å². The molecule has 1 aliphatic heterocycles. The van der Waals surface area contributed by atoms with Crippen molar-refractivity contribution in [1.29, 1.82) is 0 Å². The van der Waals surface area contributed by atoms with E-state index in [0.717, 1.165) is 12.1 Å². The van der Waals surface area contributed by atoms with Crippen molar-refractivity contribution in [3.05, 3.63) is 22.7 Å². The summed E-state index contributed by atoms with van der Waals surface area (Å²) in [4.78, 5) is 13.8. The molecule has 1 saturated heterocycles. The summed E-state index contributed by atoms with van der Waals surface area (Å²) in [5, 5.41) is 3.59. The predicted molar refractivity (Wildman–Crippen MR) is 95.9 cm³/mol. The average molecular weight is 355 g/mol. The Morgan fingerprint density at radius 1 is 1.38 bits per heavy atom. The van der Waals surface area contributed by atoms with Crippen LogP contribution in [0.3, 0.4) is 0 Å². The number of rotatable bonds is 6. The van der Waals surface area contributed by atoms with Crippen LogP contribution in [0.25, 0.3) is 0 Å². The molecule has 1 aromatic carbocycles. The first-order valence-corrected chi connectivity index (χ1v) is 8.91. The second kappa shape index (κ2) is 8.58. The topological polar surface area (TPSA) is 50.8 Å². The monoisotopic (exact) mass is 354 g/mol. The van der Waals surface area contributed by atoms with E-state index in [1.54, 1.807) is 0 Å². The molecule has 6 heteroatoms. The van der Waals surface area contributed by atoms with Crippen molar-refractivity contribution in [3.63, 3.8) is 0 Å². The first kappa shape index (κ1) is 18.9. The smallest absolute Gasteiger partial charge is 0.221 e. The fourth-order valence-corrected chi connectivity index (χ4v) is 2.92. The molecule has 1 heterocycles. The Hall–Kier alpha value is -1.46. The molecule has 24 heavy (non-hydrogen) atoms. The number of amides is 1. The minimum Gasteiger partial charge on any atom is -0.490 e. The van der Waals surface area contributed by atoms with Crippen molar-refractivity contribution >= 4 is 17.5 Å². The van der Waals surface area contributed by atoms with Crippen molar-refractivity contribution in [3.8, 4) is 11.5 Å². The van der Waals surface area contributed by atoms with E-state index in [9.17, 15) is 4.79 Å². The third-order valence-electron chi connectivity index (χ3n) is 3.99. The van der Waals surface area contributed by atoms with Crippen molar-refractivity contribution < 1.29 is 14.3 Å². The Balaban J connectivity index is 2.22. The van der Waals surface area contributed by atoms with Crippen LogP contribution in [-0.4, -0.2) is 42.6 Å². The van der Waals surface area contributed by atoms with Crippen molar-refractivity contribution in [2.75, 3.05) is 19.7 Å². The summed E-state index contributed by atoms with van der Waals surface area (Å²) in [5.41, 5.74) is 0.984. The van der Waals surface area contributed by atoms with E-state index in [4.69, 9.17) is 21.1 Å². The molecule has 0 spiro atoms. The van der Waals surface area contributed by atoms with Gasteiger partial charge in [-0.05, 0) is 39.3 Å². The van der Waals surface area contributed by atoms with Crippen LogP contribution in [0.5, 0.6) is 11.5 Å². The molecule has 1 N–H and O–H groups in total. The van der Waals surface area contributed by atoms with E-state index < -0.39 is 0 Å². The number of nitrogens with zero attached hydrogens (tertiary/aromatic N) is 1. The molecule has 1 atom stereocenters. The van der Waals surface area contributed by atoms with Crippen LogP contribution in [-0.2, 0) is 11.3 Å². The Labute approximate surface area is 149 Å². The molecule has 0 saturated carbocycles. The van der Waals surface area contributed by atoms with Gasteiger partial charge in [-0.1, -0.05) is 11.6 Å². The Morgan fingerprint density at radius 3 is 2.79 bits per heavy atom. The maximum atomic E-state index is 11.6. The first-order chi connectivity index (χ1) is 11.4. The molecular formula is C18H27ClN2O3. The highest BCUT2D eigenvalue weighted by Crippen LogP contribution is 2.35. The van der Waals surface area contributed by atoms with E-state index >= 15 is 0 Å². The molecule has 0 aliphatic carbocycles. The van der Waals surface area contributed by atoms with Crippen LogP contribution in [0.4, 0.5) is 0 Å². The lowest BCUT2D eigenvalue weighted by Gasteiger charge is -2.27. The molecule has 0 aromatic heterocycles. The third-order valence-corrected chi connectivity index (χ3v) is 4.34. The van der Waals surface area contributed by atoms with Crippen LogP contribution in [0.2, 0.25) is 5.02 Å². The fraction of sp³-hybridized carbons (Fsp3) is 0.611. The number of benzene rings is 1. The molecule has 5 nitrogen and oxygen atoms in total. The van der Waals surface area contributed by atoms with Crippen LogP contribution in [0.1, 0.15) is 39.7 Å². The summed E-state index contributed by atoms with van der Waals surface area (Å²) >= 11 is 6.48. The zero-order valence-corrected chi connectivity index (χ0v) is 15.7. The largest absolute Gasteiger partial charge is 0.490 e. The number of nitrogens with one attached hydrogen (secondary N) is 1. The molecular weight excluding hydrogens is 328 g/mol. The Bertz CT molecular complexity index is 578. The molecule has 1 amide bonds. The van der Waals surface area contributed by atoms with Gasteiger partial charge in [-0.3, -0.25) is 9.69 Å². The van der Waals surface area contributed by atoms with Crippen molar-refractivity contribution in [2.24, 2.45) is 0 Å². The van der Waals surface area contributed by atoms with Gasteiger partial charge >= 0.3 is 0 Å². The SMILES string of the molecule is CCOc1cc(CN2CCC(=O)NC[C@H]2C)c(Cl)cc1OC(C)C. The van der Waals surface area contributed by atoms with E-state index in [2.05, 4.69) is 17.1 Å². The van der Waals surface area contributed by atoms with E-state index in [1.165, 1.54) is 0 Å². The predicted octanol–water partition coefficient (Wildman–Crippen LogP) is 3.24. The normalized spacial score (nSPS) is 19.1. The highest BCUT2D eigenvalue weighted by Gasteiger charge is 2.22. The summed E-state index contributed by atoms with van der Waals surface area (Å²) in [5.74, 6) is 1.48. The van der Waals surface area contributed by atoms with Gasteiger partial charge < -0.3 is 14.8 Å². The Morgan fingerprint density at radius 2 is 2.12 bits per heavy atom. The fourth-order valence-electron chi connectivity index (χ4n) is 2.71. The third kappa shape index (κ3) is 5.02. The summed E-state index contributed by atoms with van der Waals surface area (Å²) in [6, 6.07) is 4.04. The number of halogens is 1. The van der Waals surface area contributed by atoms with Crippen LogP contribution >= 0.6 is 11.6 Å². The van der Waals surface area contributed by atoms with Crippen molar-refractivity contribution in [2.45, 2.75) is 52.8 Å². The standard InChI is InChI=1S/C18H27ClN2O3/c1-5-23-16-8-14(15(19)9-17(16)24-12(2)3)11-21-7-6-18(22)20-10-13(21)4/h8-9,12-13H,5-7,10-11H2,1-4H3,(H,20,22)/t13-/m1/s1. The highest BCUT2D eigenvalue weighted by molar-refractivity contribution is 6.31. The van der Waals surface area contributed by atoms with Gasteiger partial charge in [0.1, 0.15) is 0 Å². The summed E-state index contributed by atoms with van der Waals surface area (Å²) < 4.78 is 11.5. The molecule has 1 aromatic rings. The lowest BCUT2D eigenvalue weighted by molar-refractivity contribution is -0.120. The second-order valence-electron chi connectivity index (χ2n) is 6.36. The molecule has 0 bridgehead atoms. The number of carbonyl (C=O) groups excluding carboxylic acids is 1. The molecule has 134 valence electrons. The second-order valence-corrected chi connectivity index (χ2v) is 6.77. The Kier molecular flexibility index (Phi) is 6.75. The molecule has 2 rings (SSSR count). The maximum Gasteiger partial charge on any atom is 0.221 e. The summed E-state index contributed by atoms with van der Waals surface area (Å²) in [7, 11) is 0. The van der Waals surface area contributed by atoms with Crippen LogP contribution < -0.4 is 14.8 Å². The zero-order valence-electron chi connectivity index (χ0n) is 14.9. The van der Waals surface area contributed by atoms with Gasteiger partial charge in [0.05, 0.1) is 12.7 Å². The first-order valence-electron chi connectivity index (χ1n) is 8.53. The van der Waals surface area contributed by atoms with Gasteiger partial charge in [0.25, 0.3) is 0 Å². The van der Waals surface area contributed by atoms with E-state index in [-0.39, 0.29) is 18.1 Å². The number of carbonyl (C=O) groups is 1. The lowest BCUT2D eigenvalue weighted by Crippen LogP contribution is -2.37. The zero-order chi connectivity index (χ0) is 17.7. The minimum atomic E-state index is 0.0499. The van der Waals surface area contributed by atoms with Gasteiger partial charge in [0.15, 0.2) is 11.5 Å². The van der Waals surface area contributed by atoms with Gasteiger partial charge in [0, 0.05) is 43.2 Å². The summed E-state index contributed by atoms with van der Waals surface area (Å²) in [6.07, 6.45) is 0.559. The highest BCUT2D eigenvalue weighted by atomic mass is 35.5. The number of hydrogen-bond acceptors (Lipinski definition) is 4. The lowest BCUT2D eigenvalue weighted by atomic mass is 10.1. The van der Waals surface area contributed by atoms with Gasteiger partial charge in [-0.2, -0.15) is 0 Å². The van der Waals surface area contributed by atoms with Crippen molar-refractivity contribution in [1.82, 2.24) is 10.2 Å². The quantitative estimate of drug-likeness (QED) is 0.852. The van der Waals surface area contributed by atoms with Gasteiger partial charge in [-0.25, -0.2) is 0 Å². The molecule has 0 unspecified atom stereocenters. The average Bonchev–Trinajstić information content (AvgIpc) is 2.66.